The van der Waals surface area contributed by atoms with Gasteiger partial charge in [0.05, 0.1) is 23.1 Å². The van der Waals surface area contributed by atoms with Crippen LogP contribution in [0.4, 0.5) is 4.39 Å². The van der Waals surface area contributed by atoms with Gasteiger partial charge in [-0.2, -0.15) is 5.10 Å². The quantitative estimate of drug-likeness (QED) is 0.696. The molecule has 31 heavy (non-hydrogen) atoms. The lowest BCUT2D eigenvalue weighted by atomic mass is 10.1. The number of carbonyl (C=O) groups is 3. The molecule has 0 unspecified atom stereocenters. The lowest BCUT2D eigenvalue weighted by Crippen LogP contribution is -2.54. The first-order chi connectivity index (χ1) is 15.0. The summed E-state index contributed by atoms with van der Waals surface area (Å²) in [6, 6.07) is 5.96. The molecule has 1 aromatic carbocycles. The van der Waals surface area contributed by atoms with Crippen LogP contribution >= 0.6 is 0 Å². The van der Waals surface area contributed by atoms with Crippen LogP contribution in [0.25, 0.3) is 5.69 Å². The second kappa shape index (κ2) is 8.87. The Balaban J connectivity index is 1.42. The zero-order valence-corrected chi connectivity index (χ0v) is 17.6. The monoisotopic (exact) mass is 427 g/mol. The maximum Gasteiger partial charge on any atom is 0.312 e. The molecule has 2 aromatic rings. The van der Waals surface area contributed by atoms with Crippen LogP contribution in [-0.2, 0) is 16.0 Å². The standard InChI is InChI=1S/C22H26FN5O3/c1-2-19-18(15-24-28(19)17-7-5-16(23)6-8-17)20(29)26-11-13-27(14-12-26)22(31)21(30)25-9-3-4-10-25/h5-8,15H,2-4,9-14H2,1H3. The van der Waals surface area contributed by atoms with E-state index < -0.39 is 11.8 Å². The van der Waals surface area contributed by atoms with Crippen molar-refractivity contribution < 1.29 is 18.8 Å². The fourth-order valence-electron chi connectivity index (χ4n) is 4.17. The number of likely N-dealkylation sites (tertiary alicyclic amines) is 1. The number of hydrogen-bond acceptors (Lipinski definition) is 4. The van der Waals surface area contributed by atoms with E-state index in [0.29, 0.717) is 56.9 Å². The molecule has 2 fully saturated rings. The van der Waals surface area contributed by atoms with Gasteiger partial charge in [-0.3, -0.25) is 14.4 Å². The van der Waals surface area contributed by atoms with Crippen LogP contribution in [0.3, 0.4) is 0 Å². The van der Waals surface area contributed by atoms with Crippen molar-refractivity contribution in [2.75, 3.05) is 39.3 Å². The van der Waals surface area contributed by atoms with Gasteiger partial charge in [-0.25, -0.2) is 9.07 Å². The van der Waals surface area contributed by atoms with Gasteiger partial charge >= 0.3 is 11.8 Å². The summed E-state index contributed by atoms with van der Waals surface area (Å²) in [7, 11) is 0. The molecule has 4 rings (SSSR count). The number of hydrogen-bond donors (Lipinski definition) is 0. The summed E-state index contributed by atoms with van der Waals surface area (Å²) in [6.45, 7) is 4.61. The molecule has 0 aliphatic carbocycles. The molecular weight excluding hydrogens is 401 g/mol. The molecule has 0 spiro atoms. The number of aromatic nitrogens is 2. The minimum Gasteiger partial charge on any atom is -0.335 e. The smallest absolute Gasteiger partial charge is 0.312 e. The Kier molecular flexibility index (Phi) is 6.01. The topological polar surface area (TPSA) is 78.8 Å². The zero-order chi connectivity index (χ0) is 22.0. The van der Waals surface area contributed by atoms with Gasteiger partial charge in [-0.05, 0) is 43.5 Å². The molecule has 0 saturated carbocycles. The second-order valence-corrected chi connectivity index (χ2v) is 7.83. The minimum absolute atomic E-state index is 0.150. The third-order valence-corrected chi connectivity index (χ3v) is 5.94. The van der Waals surface area contributed by atoms with Crippen LogP contribution in [0.2, 0.25) is 0 Å². The highest BCUT2D eigenvalue weighted by atomic mass is 19.1. The molecule has 2 saturated heterocycles. The van der Waals surface area contributed by atoms with Crippen molar-refractivity contribution >= 4 is 17.7 Å². The van der Waals surface area contributed by atoms with Crippen molar-refractivity contribution in [3.8, 4) is 5.69 Å². The fraction of sp³-hybridized carbons (Fsp3) is 0.455. The second-order valence-electron chi connectivity index (χ2n) is 7.83. The summed E-state index contributed by atoms with van der Waals surface area (Å²) in [6.07, 6.45) is 4.00. The van der Waals surface area contributed by atoms with Crippen LogP contribution in [0.15, 0.2) is 30.5 Å². The van der Waals surface area contributed by atoms with Crippen molar-refractivity contribution in [1.82, 2.24) is 24.5 Å². The van der Waals surface area contributed by atoms with E-state index in [1.54, 1.807) is 32.8 Å². The van der Waals surface area contributed by atoms with E-state index >= 15 is 0 Å². The van der Waals surface area contributed by atoms with E-state index in [2.05, 4.69) is 5.10 Å². The number of benzene rings is 1. The van der Waals surface area contributed by atoms with Crippen molar-refractivity contribution in [2.45, 2.75) is 26.2 Å². The van der Waals surface area contributed by atoms with Gasteiger partial charge in [-0.1, -0.05) is 6.92 Å². The number of rotatable bonds is 3. The van der Waals surface area contributed by atoms with Crippen molar-refractivity contribution in [3.05, 3.63) is 47.5 Å². The Labute approximate surface area is 180 Å². The Bertz CT molecular complexity index is 974. The summed E-state index contributed by atoms with van der Waals surface area (Å²) in [5.41, 5.74) is 1.94. The number of piperazine rings is 1. The molecule has 0 radical (unpaired) electrons. The Morgan fingerprint density at radius 2 is 1.42 bits per heavy atom. The molecular formula is C22H26FN5O3. The molecule has 0 N–H and O–H groups in total. The van der Waals surface area contributed by atoms with Crippen LogP contribution in [-0.4, -0.2) is 81.5 Å². The molecule has 0 bridgehead atoms. The van der Waals surface area contributed by atoms with E-state index in [4.69, 9.17) is 0 Å². The Morgan fingerprint density at radius 3 is 2.00 bits per heavy atom. The average Bonchev–Trinajstić information content (AvgIpc) is 3.48. The Hall–Kier alpha value is -3.23. The SMILES string of the molecule is CCc1c(C(=O)N2CCN(C(=O)C(=O)N3CCCC3)CC2)cnn1-c1ccc(F)cc1. The van der Waals surface area contributed by atoms with Crippen LogP contribution < -0.4 is 0 Å². The molecule has 1 aromatic heterocycles. The molecule has 8 nitrogen and oxygen atoms in total. The zero-order valence-electron chi connectivity index (χ0n) is 17.6. The normalized spacial score (nSPS) is 16.6. The molecule has 2 aliphatic heterocycles. The van der Waals surface area contributed by atoms with E-state index in [1.807, 2.05) is 6.92 Å². The predicted octanol–water partition coefficient (Wildman–Crippen LogP) is 1.48. The molecule has 2 aliphatic rings. The first-order valence-corrected chi connectivity index (χ1v) is 10.7. The van der Waals surface area contributed by atoms with E-state index in [0.717, 1.165) is 18.5 Å². The molecule has 164 valence electrons. The van der Waals surface area contributed by atoms with Crippen molar-refractivity contribution in [1.29, 1.82) is 0 Å². The van der Waals surface area contributed by atoms with Gasteiger partial charge < -0.3 is 14.7 Å². The maximum atomic E-state index is 13.2. The van der Waals surface area contributed by atoms with Crippen LogP contribution in [0, 0.1) is 5.82 Å². The first kappa shape index (κ1) is 21.0. The van der Waals surface area contributed by atoms with Gasteiger partial charge in [0.25, 0.3) is 5.91 Å². The predicted molar refractivity (Wildman–Crippen MR) is 111 cm³/mol. The molecule has 3 heterocycles. The highest BCUT2D eigenvalue weighted by molar-refractivity contribution is 6.35. The molecule has 9 heteroatoms. The van der Waals surface area contributed by atoms with Gasteiger partial charge in [0.1, 0.15) is 5.82 Å². The van der Waals surface area contributed by atoms with Gasteiger partial charge in [0.2, 0.25) is 0 Å². The summed E-state index contributed by atoms with van der Waals surface area (Å²) >= 11 is 0. The lowest BCUT2D eigenvalue weighted by molar-refractivity contribution is -0.152. The molecule has 3 amide bonds. The van der Waals surface area contributed by atoms with E-state index in [1.165, 1.54) is 17.0 Å². The highest BCUT2D eigenvalue weighted by Gasteiger charge is 2.32. The number of nitrogens with zero attached hydrogens (tertiary/aromatic N) is 5. The maximum absolute atomic E-state index is 13.2. The lowest BCUT2D eigenvalue weighted by Gasteiger charge is -2.35. The van der Waals surface area contributed by atoms with Crippen molar-refractivity contribution in [3.63, 3.8) is 0 Å². The van der Waals surface area contributed by atoms with Gasteiger partial charge in [0, 0.05) is 39.3 Å². The van der Waals surface area contributed by atoms with Gasteiger partial charge in [-0.15, -0.1) is 0 Å². The summed E-state index contributed by atoms with van der Waals surface area (Å²) < 4.78 is 14.9. The third kappa shape index (κ3) is 4.17. The molecule has 0 atom stereocenters. The number of halogens is 1. The van der Waals surface area contributed by atoms with Crippen LogP contribution in [0.5, 0.6) is 0 Å². The summed E-state index contributed by atoms with van der Waals surface area (Å²) in [5.74, 6) is -1.40. The van der Waals surface area contributed by atoms with Gasteiger partial charge in [0.15, 0.2) is 0 Å². The number of amides is 3. The minimum atomic E-state index is -0.479. The summed E-state index contributed by atoms with van der Waals surface area (Å²) in [4.78, 5) is 42.8. The van der Waals surface area contributed by atoms with Crippen LogP contribution in [0.1, 0.15) is 35.8 Å². The number of carbonyl (C=O) groups excluding carboxylic acids is 3. The van der Waals surface area contributed by atoms with E-state index in [9.17, 15) is 18.8 Å². The third-order valence-electron chi connectivity index (χ3n) is 5.94. The summed E-state index contributed by atoms with van der Waals surface area (Å²) in [5, 5.41) is 4.35. The fourth-order valence-corrected chi connectivity index (χ4v) is 4.17. The van der Waals surface area contributed by atoms with E-state index in [-0.39, 0.29) is 11.7 Å². The van der Waals surface area contributed by atoms with Crippen molar-refractivity contribution in [2.24, 2.45) is 0 Å². The largest absolute Gasteiger partial charge is 0.335 e. The average molecular weight is 427 g/mol. The first-order valence-electron chi connectivity index (χ1n) is 10.7. The Morgan fingerprint density at radius 1 is 0.871 bits per heavy atom. The highest BCUT2D eigenvalue weighted by Crippen LogP contribution is 2.19.